The molecular formula is C18H22N2O. The van der Waals surface area contributed by atoms with Crippen LogP contribution in [0.15, 0.2) is 54.1 Å². The van der Waals surface area contributed by atoms with Gasteiger partial charge in [-0.25, -0.2) is 0 Å². The normalized spacial score (nSPS) is 15.4. The molecule has 2 N–H and O–H groups in total. The molecule has 0 fully saturated rings. The zero-order chi connectivity index (χ0) is 15.5. The predicted octanol–water partition coefficient (Wildman–Crippen LogP) is 4.12. The zero-order valence-electron chi connectivity index (χ0n) is 13.0. The fourth-order valence-electron chi connectivity index (χ4n) is 2.32. The van der Waals surface area contributed by atoms with Crippen molar-refractivity contribution in [1.29, 1.82) is 0 Å². The maximum absolute atomic E-state index is 10.8. The van der Waals surface area contributed by atoms with Crippen molar-refractivity contribution in [3.63, 3.8) is 0 Å². The van der Waals surface area contributed by atoms with Gasteiger partial charge in [-0.3, -0.25) is 5.10 Å². The van der Waals surface area contributed by atoms with Crippen LogP contribution in [0.5, 0.6) is 0 Å². The van der Waals surface area contributed by atoms with E-state index in [-0.39, 0.29) is 0 Å². The SMILES string of the molecule is CC=CC(=CC)C(C)(O)c1cc(-c2ccc(C)cc2)n[nH]1. The molecule has 2 rings (SSSR count). The summed E-state index contributed by atoms with van der Waals surface area (Å²) in [5.41, 5.74) is 3.52. The van der Waals surface area contributed by atoms with Gasteiger partial charge in [0.2, 0.25) is 0 Å². The monoisotopic (exact) mass is 282 g/mol. The van der Waals surface area contributed by atoms with Gasteiger partial charge >= 0.3 is 0 Å². The molecule has 1 aromatic heterocycles. The second-order valence-electron chi connectivity index (χ2n) is 5.35. The van der Waals surface area contributed by atoms with Gasteiger partial charge in [0.05, 0.1) is 11.4 Å². The minimum absolute atomic E-state index is 0.685. The van der Waals surface area contributed by atoms with Crippen molar-refractivity contribution in [2.24, 2.45) is 0 Å². The Bertz CT molecular complexity index is 661. The van der Waals surface area contributed by atoms with E-state index in [4.69, 9.17) is 0 Å². The first-order chi connectivity index (χ1) is 9.98. The summed E-state index contributed by atoms with van der Waals surface area (Å²) >= 11 is 0. The van der Waals surface area contributed by atoms with Gasteiger partial charge in [0.1, 0.15) is 5.60 Å². The van der Waals surface area contributed by atoms with Crippen LogP contribution in [0.25, 0.3) is 11.3 Å². The lowest BCUT2D eigenvalue weighted by Crippen LogP contribution is -2.23. The third-order valence-electron chi connectivity index (χ3n) is 3.67. The fourth-order valence-corrected chi connectivity index (χ4v) is 2.32. The number of nitrogens with zero attached hydrogens (tertiary/aromatic N) is 1. The van der Waals surface area contributed by atoms with Crippen LogP contribution in [0.2, 0.25) is 0 Å². The quantitative estimate of drug-likeness (QED) is 0.829. The van der Waals surface area contributed by atoms with Crippen LogP contribution in [-0.2, 0) is 5.60 Å². The van der Waals surface area contributed by atoms with Gasteiger partial charge in [0.25, 0.3) is 0 Å². The minimum atomic E-state index is -1.09. The summed E-state index contributed by atoms with van der Waals surface area (Å²) in [7, 11) is 0. The van der Waals surface area contributed by atoms with Crippen LogP contribution in [0, 0.1) is 6.92 Å². The summed E-state index contributed by atoms with van der Waals surface area (Å²) in [5.74, 6) is 0. The molecule has 1 aromatic carbocycles. The lowest BCUT2D eigenvalue weighted by molar-refractivity contribution is 0.0964. The Morgan fingerprint density at radius 2 is 1.90 bits per heavy atom. The van der Waals surface area contributed by atoms with E-state index < -0.39 is 5.60 Å². The molecule has 3 heteroatoms. The van der Waals surface area contributed by atoms with Crippen LogP contribution < -0.4 is 0 Å². The van der Waals surface area contributed by atoms with Crippen LogP contribution >= 0.6 is 0 Å². The number of nitrogens with one attached hydrogen (secondary N) is 1. The molecule has 0 amide bonds. The lowest BCUT2D eigenvalue weighted by atomic mass is 9.91. The maximum atomic E-state index is 10.8. The third-order valence-corrected chi connectivity index (χ3v) is 3.67. The average Bonchev–Trinajstić information content (AvgIpc) is 2.96. The second kappa shape index (κ2) is 6.10. The van der Waals surface area contributed by atoms with E-state index in [0.29, 0.717) is 5.69 Å². The number of hydrogen-bond donors (Lipinski definition) is 2. The van der Waals surface area contributed by atoms with E-state index in [0.717, 1.165) is 16.8 Å². The molecule has 0 aliphatic heterocycles. The molecule has 3 nitrogen and oxygen atoms in total. The molecule has 110 valence electrons. The molecule has 0 saturated carbocycles. The highest BCUT2D eigenvalue weighted by atomic mass is 16.3. The molecule has 0 radical (unpaired) electrons. The van der Waals surface area contributed by atoms with Gasteiger partial charge in [0.15, 0.2) is 0 Å². The van der Waals surface area contributed by atoms with E-state index in [1.54, 1.807) is 6.92 Å². The summed E-state index contributed by atoms with van der Waals surface area (Å²) in [5, 5.41) is 18.1. The van der Waals surface area contributed by atoms with E-state index >= 15 is 0 Å². The van der Waals surface area contributed by atoms with E-state index in [2.05, 4.69) is 29.3 Å². The molecule has 2 aromatic rings. The van der Waals surface area contributed by atoms with E-state index in [1.807, 2.05) is 50.3 Å². The Labute approximate surface area is 126 Å². The van der Waals surface area contributed by atoms with Crippen molar-refractivity contribution in [1.82, 2.24) is 10.2 Å². The van der Waals surface area contributed by atoms with Crippen molar-refractivity contribution in [2.45, 2.75) is 33.3 Å². The van der Waals surface area contributed by atoms with Crippen molar-refractivity contribution >= 4 is 0 Å². The van der Waals surface area contributed by atoms with E-state index in [1.165, 1.54) is 5.56 Å². The highest BCUT2D eigenvalue weighted by Gasteiger charge is 2.28. The minimum Gasteiger partial charge on any atom is -0.379 e. The van der Waals surface area contributed by atoms with Gasteiger partial charge < -0.3 is 5.11 Å². The predicted molar refractivity (Wildman–Crippen MR) is 86.9 cm³/mol. The van der Waals surface area contributed by atoms with Crippen LogP contribution in [-0.4, -0.2) is 15.3 Å². The smallest absolute Gasteiger partial charge is 0.128 e. The summed E-state index contributed by atoms with van der Waals surface area (Å²) in [4.78, 5) is 0. The van der Waals surface area contributed by atoms with Gasteiger partial charge in [-0.15, -0.1) is 0 Å². The topological polar surface area (TPSA) is 48.9 Å². The Balaban J connectivity index is 2.37. The van der Waals surface area contributed by atoms with Crippen molar-refractivity contribution in [3.05, 3.63) is 65.4 Å². The number of aromatic amines is 1. The summed E-state index contributed by atoms with van der Waals surface area (Å²) in [6.45, 7) is 7.68. The number of rotatable bonds is 4. The molecule has 0 aliphatic carbocycles. The zero-order valence-corrected chi connectivity index (χ0v) is 13.0. The highest BCUT2D eigenvalue weighted by molar-refractivity contribution is 5.60. The highest BCUT2D eigenvalue weighted by Crippen LogP contribution is 2.31. The fraction of sp³-hybridized carbons (Fsp3) is 0.278. The number of hydrogen-bond acceptors (Lipinski definition) is 2. The summed E-state index contributed by atoms with van der Waals surface area (Å²) < 4.78 is 0. The Hall–Kier alpha value is -2.13. The van der Waals surface area contributed by atoms with Crippen molar-refractivity contribution in [2.75, 3.05) is 0 Å². The largest absolute Gasteiger partial charge is 0.379 e. The van der Waals surface area contributed by atoms with Gasteiger partial charge in [-0.2, -0.15) is 5.10 Å². The molecular weight excluding hydrogens is 260 g/mol. The summed E-state index contributed by atoms with van der Waals surface area (Å²) in [6.07, 6.45) is 5.74. The van der Waals surface area contributed by atoms with Crippen LogP contribution in [0.4, 0.5) is 0 Å². The number of benzene rings is 1. The first kappa shape index (κ1) is 15.3. The van der Waals surface area contributed by atoms with Crippen molar-refractivity contribution in [3.8, 4) is 11.3 Å². The van der Waals surface area contributed by atoms with Gasteiger partial charge in [0, 0.05) is 5.56 Å². The standard InChI is InChI=1S/C18H22N2O/c1-5-7-15(6-2)18(4,21)17-12-16(19-20-17)14-10-8-13(3)9-11-14/h5-12,21H,1-4H3,(H,19,20). The average molecular weight is 282 g/mol. The molecule has 0 saturated heterocycles. The van der Waals surface area contributed by atoms with Crippen LogP contribution in [0.1, 0.15) is 32.0 Å². The number of aliphatic hydroxyl groups is 1. The maximum Gasteiger partial charge on any atom is 0.128 e. The van der Waals surface area contributed by atoms with Crippen molar-refractivity contribution < 1.29 is 5.11 Å². The lowest BCUT2D eigenvalue weighted by Gasteiger charge is -2.23. The van der Waals surface area contributed by atoms with Gasteiger partial charge in [-0.1, -0.05) is 48.1 Å². The number of aryl methyl sites for hydroxylation is 1. The van der Waals surface area contributed by atoms with Gasteiger partial charge in [-0.05, 0) is 39.3 Å². The Morgan fingerprint density at radius 1 is 1.24 bits per heavy atom. The first-order valence-electron chi connectivity index (χ1n) is 7.13. The third kappa shape index (κ3) is 3.14. The second-order valence-corrected chi connectivity index (χ2v) is 5.35. The number of allylic oxidation sites excluding steroid dienone is 2. The molecule has 21 heavy (non-hydrogen) atoms. The van der Waals surface area contributed by atoms with E-state index in [9.17, 15) is 5.11 Å². The Morgan fingerprint density at radius 3 is 2.48 bits per heavy atom. The first-order valence-corrected chi connectivity index (χ1v) is 7.13. The van der Waals surface area contributed by atoms with Crippen LogP contribution in [0.3, 0.4) is 0 Å². The molecule has 1 atom stereocenters. The molecule has 0 bridgehead atoms. The molecule has 0 aliphatic rings. The summed E-state index contributed by atoms with van der Waals surface area (Å²) in [6, 6.07) is 10.1. The Kier molecular flexibility index (Phi) is 4.43. The molecule has 0 spiro atoms. The number of aromatic nitrogens is 2. The molecule has 1 heterocycles. The molecule has 1 unspecified atom stereocenters. The number of H-pyrrole nitrogens is 1.